The number of nitrogens with zero attached hydrogens (tertiary/aromatic N) is 1. The highest BCUT2D eigenvalue weighted by molar-refractivity contribution is 14.1. The lowest BCUT2D eigenvalue weighted by Gasteiger charge is -2.09. The molecule has 6 N–H and O–H groups in total. The van der Waals surface area contributed by atoms with Gasteiger partial charge in [0.25, 0.3) is 0 Å². The molecule has 0 aliphatic carbocycles. The Morgan fingerprint density at radius 3 is 2.15 bits per heavy atom. The van der Waals surface area contributed by atoms with Crippen LogP contribution in [0.4, 0.5) is 0 Å². The molecule has 0 unspecified atom stereocenters. The standard InChI is InChI=1S/C17H13IN2O5S/c18-11-2-8(3-12(21)15(11)24)1-10(6-19)17(26)20-7-9-4-13(22)16(25)14(23)5-9/h1-5,21-25H,7H2,(H,20,26)/b10-1+. The lowest BCUT2D eigenvalue weighted by atomic mass is 10.1. The Labute approximate surface area is 167 Å². The molecule has 0 heterocycles. The topological polar surface area (TPSA) is 137 Å². The van der Waals surface area contributed by atoms with Crippen molar-refractivity contribution >= 4 is 45.9 Å². The zero-order chi connectivity index (χ0) is 19.4. The molecule has 0 radical (unpaired) electrons. The van der Waals surface area contributed by atoms with E-state index in [0.29, 0.717) is 14.7 Å². The molecule has 0 bridgehead atoms. The number of benzene rings is 2. The number of halogens is 1. The zero-order valence-electron chi connectivity index (χ0n) is 13.1. The first-order valence-corrected chi connectivity index (χ1v) is 8.57. The van der Waals surface area contributed by atoms with Gasteiger partial charge in [0.2, 0.25) is 0 Å². The van der Waals surface area contributed by atoms with Crippen LogP contribution in [0, 0.1) is 14.9 Å². The summed E-state index contributed by atoms with van der Waals surface area (Å²) in [6, 6.07) is 7.32. The number of hydrogen-bond donors (Lipinski definition) is 6. The molecule has 0 fully saturated rings. The summed E-state index contributed by atoms with van der Waals surface area (Å²) in [5.41, 5.74) is 1.03. The molecule has 9 heteroatoms. The Morgan fingerprint density at radius 2 is 1.62 bits per heavy atom. The summed E-state index contributed by atoms with van der Waals surface area (Å²) in [7, 11) is 0. The van der Waals surface area contributed by atoms with Crippen molar-refractivity contribution in [3.63, 3.8) is 0 Å². The van der Waals surface area contributed by atoms with Crippen molar-refractivity contribution < 1.29 is 25.5 Å². The van der Waals surface area contributed by atoms with Gasteiger partial charge in [0.05, 0.1) is 9.14 Å². The Kier molecular flexibility index (Phi) is 6.12. The molecule has 0 spiro atoms. The van der Waals surface area contributed by atoms with E-state index in [4.69, 9.17) is 12.2 Å². The van der Waals surface area contributed by atoms with Gasteiger partial charge in [0.1, 0.15) is 11.1 Å². The van der Waals surface area contributed by atoms with Crippen LogP contribution in [-0.2, 0) is 6.54 Å². The molecule has 0 aliphatic heterocycles. The van der Waals surface area contributed by atoms with Crippen molar-refractivity contribution in [1.82, 2.24) is 5.32 Å². The largest absolute Gasteiger partial charge is 0.504 e. The van der Waals surface area contributed by atoms with Gasteiger partial charge in [-0.25, -0.2) is 0 Å². The number of hydrogen-bond acceptors (Lipinski definition) is 7. The maximum Gasteiger partial charge on any atom is 0.200 e. The molecule has 26 heavy (non-hydrogen) atoms. The number of phenols is 5. The molecule has 0 aliphatic rings. The van der Waals surface area contributed by atoms with Crippen LogP contribution in [0.15, 0.2) is 29.8 Å². The third-order valence-electron chi connectivity index (χ3n) is 3.32. The van der Waals surface area contributed by atoms with Gasteiger partial charge >= 0.3 is 0 Å². The van der Waals surface area contributed by atoms with Gasteiger partial charge in [-0.2, -0.15) is 5.26 Å². The van der Waals surface area contributed by atoms with Crippen LogP contribution in [0.3, 0.4) is 0 Å². The van der Waals surface area contributed by atoms with Gasteiger partial charge in [0.15, 0.2) is 28.7 Å². The Hall–Kier alpha value is -2.71. The van der Waals surface area contributed by atoms with E-state index >= 15 is 0 Å². The zero-order valence-corrected chi connectivity index (χ0v) is 16.0. The minimum atomic E-state index is -0.615. The quantitative estimate of drug-likeness (QED) is 0.128. The van der Waals surface area contributed by atoms with Crippen LogP contribution in [-0.4, -0.2) is 30.5 Å². The van der Waals surface area contributed by atoms with E-state index in [1.807, 2.05) is 28.7 Å². The SMILES string of the molecule is N#C/C(=C\c1cc(O)c(O)c(I)c1)C(=S)NCc1cc(O)c(O)c(O)c1. The number of thiocarbonyl (C=S) groups is 1. The maximum absolute atomic E-state index is 9.65. The van der Waals surface area contributed by atoms with Crippen LogP contribution in [0.2, 0.25) is 0 Å². The van der Waals surface area contributed by atoms with Crippen molar-refractivity contribution in [3.05, 3.63) is 44.5 Å². The van der Waals surface area contributed by atoms with E-state index in [0.717, 1.165) is 0 Å². The van der Waals surface area contributed by atoms with Crippen molar-refractivity contribution in [2.75, 3.05) is 0 Å². The van der Waals surface area contributed by atoms with Crippen LogP contribution >= 0.6 is 34.8 Å². The van der Waals surface area contributed by atoms with Crippen molar-refractivity contribution in [2.24, 2.45) is 0 Å². The molecule has 0 amide bonds. The lowest BCUT2D eigenvalue weighted by Crippen LogP contribution is -2.22. The maximum atomic E-state index is 9.65. The van der Waals surface area contributed by atoms with Gasteiger partial charge in [-0.3, -0.25) is 0 Å². The highest BCUT2D eigenvalue weighted by Crippen LogP contribution is 2.35. The minimum absolute atomic E-state index is 0.0949. The molecule has 0 atom stereocenters. The third kappa shape index (κ3) is 4.47. The van der Waals surface area contributed by atoms with Crippen LogP contribution in [0.25, 0.3) is 6.08 Å². The molecule has 7 nitrogen and oxygen atoms in total. The smallest absolute Gasteiger partial charge is 0.200 e. The number of nitrogens with one attached hydrogen (secondary N) is 1. The number of aromatic hydroxyl groups is 5. The van der Waals surface area contributed by atoms with E-state index in [2.05, 4.69) is 5.32 Å². The van der Waals surface area contributed by atoms with Crippen molar-refractivity contribution in [1.29, 1.82) is 5.26 Å². The predicted molar refractivity (Wildman–Crippen MR) is 107 cm³/mol. The fourth-order valence-electron chi connectivity index (χ4n) is 2.04. The third-order valence-corrected chi connectivity index (χ3v) is 4.51. The molecule has 0 aromatic heterocycles. The summed E-state index contributed by atoms with van der Waals surface area (Å²) in [5, 5.41) is 59.6. The second kappa shape index (κ2) is 8.11. The second-order valence-electron chi connectivity index (χ2n) is 5.21. The highest BCUT2D eigenvalue weighted by Gasteiger charge is 2.11. The summed E-state index contributed by atoms with van der Waals surface area (Å²) in [6.45, 7) is 0.0949. The van der Waals surface area contributed by atoms with E-state index in [1.165, 1.54) is 24.3 Å². The van der Waals surface area contributed by atoms with Crippen molar-refractivity contribution in [3.8, 4) is 34.8 Å². The summed E-state index contributed by atoms with van der Waals surface area (Å²) >= 11 is 7.01. The fourth-order valence-corrected chi connectivity index (χ4v) is 2.86. The molecular formula is C17H13IN2O5S. The summed E-state index contributed by atoms with van der Waals surface area (Å²) in [6.07, 6.45) is 1.45. The van der Waals surface area contributed by atoms with Crippen LogP contribution < -0.4 is 5.32 Å². The average molecular weight is 484 g/mol. The Morgan fingerprint density at radius 1 is 1.04 bits per heavy atom. The van der Waals surface area contributed by atoms with E-state index in [1.54, 1.807) is 6.07 Å². The molecule has 2 aromatic rings. The molecule has 0 saturated heterocycles. The minimum Gasteiger partial charge on any atom is -0.504 e. The van der Waals surface area contributed by atoms with Crippen LogP contribution in [0.1, 0.15) is 11.1 Å². The van der Waals surface area contributed by atoms with Gasteiger partial charge in [-0.1, -0.05) is 12.2 Å². The fraction of sp³-hybridized carbons (Fsp3) is 0.0588. The Balaban J connectivity index is 2.18. The first-order valence-electron chi connectivity index (χ1n) is 7.08. The molecular weight excluding hydrogens is 471 g/mol. The molecule has 134 valence electrons. The highest BCUT2D eigenvalue weighted by atomic mass is 127. The van der Waals surface area contributed by atoms with Crippen LogP contribution in [0.5, 0.6) is 28.7 Å². The van der Waals surface area contributed by atoms with Gasteiger partial charge in [-0.15, -0.1) is 0 Å². The monoisotopic (exact) mass is 484 g/mol. The van der Waals surface area contributed by atoms with E-state index < -0.39 is 17.2 Å². The normalized spacial score (nSPS) is 11.0. The summed E-state index contributed by atoms with van der Waals surface area (Å²) in [4.78, 5) is 0.113. The number of nitriles is 1. The molecule has 2 aromatic carbocycles. The Bertz CT molecular complexity index is 907. The van der Waals surface area contributed by atoms with Gasteiger partial charge in [0, 0.05) is 6.54 Å². The number of rotatable bonds is 4. The molecule has 2 rings (SSSR count). The summed E-state index contributed by atoms with van der Waals surface area (Å²) in [5.74, 6) is -2.12. The van der Waals surface area contributed by atoms with E-state index in [-0.39, 0.29) is 28.6 Å². The second-order valence-corrected chi connectivity index (χ2v) is 6.78. The van der Waals surface area contributed by atoms with Gasteiger partial charge in [-0.05, 0) is 64.1 Å². The number of phenolic OH excluding ortho intramolecular Hbond substituents is 5. The first-order chi connectivity index (χ1) is 12.2. The molecule has 0 saturated carbocycles. The predicted octanol–water partition coefficient (Wildman–Crippen LogP) is 2.84. The van der Waals surface area contributed by atoms with Crippen molar-refractivity contribution in [2.45, 2.75) is 6.54 Å². The average Bonchev–Trinajstić information content (AvgIpc) is 2.59. The summed E-state index contributed by atoms with van der Waals surface area (Å²) < 4.78 is 0.417. The van der Waals surface area contributed by atoms with Gasteiger partial charge < -0.3 is 30.8 Å². The lowest BCUT2D eigenvalue weighted by molar-refractivity contribution is 0.367. The van der Waals surface area contributed by atoms with E-state index in [9.17, 15) is 30.8 Å². The first kappa shape index (κ1) is 19.6.